The third-order valence-corrected chi connectivity index (χ3v) is 3.71. The lowest BCUT2D eigenvalue weighted by Crippen LogP contribution is -2.29. The molecule has 2 rings (SSSR count). The molecule has 2 N–H and O–H groups in total. The molecule has 1 aliphatic carbocycles. The van der Waals surface area contributed by atoms with E-state index in [4.69, 9.17) is 14.6 Å². The molecule has 0 saturated heterocycles. The first-order chi connectivity index (χ1) is 9.97. The summed E-state index contributed by atoms with van der Waals surface area (Å²) in [5.74, 6) is -0.816. The lowest BCUT2D eigenvalue weighted by Gasteiger charge is -2.18. The first-order valence-corrected chi connectivity index (χ1v) is 6.73. The number of hydrogen-bond acceptors (Lipinski definition) is 4. The van der Waals surface area contributed by atoms with E-state index < -0.39 is 17.8 Å². The van der Waals surface area contributed by atoms with Crippen LogP contribution in [0.25, 0.3) is 0 Å². The summed E-state index contributed by atoms with van der Waals surface area (Å²) in [6.45, 7) is 1.83. The normalized spacial score (nSPS) is 21.3. The number of rotatable bonds is 6. The Bertz CT molecular complexity index is 557. The van der Waals surface area contributed by atoms with Crippen LogP contribution in [-0.2, 0) is 9.59 Å². The summed E-state index contributed by atoms with van der Waals surface area (Å²) in [6.07, 6.45) is 0.406. The summed E-state index contributed by atoms with van der Waals surface area (Å²) in [5, 5.41) is 11.7. The van der Waals surface area contributed by atoms with Gasteiger partial charge in [-0.1, -0.05) is 0 Å². The second-order valence-corrected chi connectivity index (χ2v) is 5.13. The van der Waals surface area contributed by atoms with Crippen molar-refractivity contribution in [1.29, 1.82) is 0 Å². The lowest BCUT2D eigenvalue weighted by molar-refractivity contribution is -0.140. The average molecular weight is 293 g/mol. The Balaban J connectivity index is 2.08. The molecular formula is C15H19NO5. The highest BCUT2D eigenvalue weighted by molar-refractivity contribution is 5.89. The van der Waals surface area contributed by atoms with Crippen LogP contribution >= 0.6 is 0 Å². The average Bonchev–Trinajstić information content (AvgIpc) is 3.27. The number of carbonyl (C=O) groups excluding carboxylic acids is 1. The minimum atomic E-state index is -0.915. The number of benzene rings is 1. The fraction of sp³-hybridized carbons (Fsp3) is 0.467. The first-order valence-electron chi connectivity index (χ1n) is 6.73. The van der Waals surface area contributed by atoms with Gasteiger partial charge in [-0.05, 0) is 31.5 Å². The molecule has 0 spiro atoms. The Hall–Kier alpha value is -2.24. The summed E-state index contributed by atoms with van der Waals surface area (Å²) in [7, 11) is 3.12. The lowest BCUT2D eigenvalue weighted by atomic mass is 10.1. The van der Waals surface area contributed by atoms with Gasteiger partial charge in [-0.15, -0.1) is 0 Å². The fourth-order valence-electron chi connectivity index (χ4n) is 2.33. The summed E-state index contributed by atoms with van der Waals surface area (Å²) >= 11 is 0. The van der Waals surface area contributed by atoms with Crippen LogP contribution in [-0.4, -0.2) is 31.2 Å². The van der Waals surface area contributed by atoms with Gasteiger partial charge in [0.25, 0.3) is 0 Å². The van der Waals surface area contributed by atoms with E-state index in [-0.39, 0.29) is 11.9 Å². The Kier molecular flexibility index (Phi) is 4.35. The summed E-state index contributed by atoms with van der Waals surface area (Å²) in [4.78, 5) is 22.8. The van der Waals surface area contributed by atoms with Gasteiger partial charge in [0.2, 0.25) is 5.91 Å². The van der Waals surface area contributed by atoms with Crippen molar-refractivity contribution in [3.63, 3.8) is 0 Å². The molecule has 0 bridgehead atoms. The maximum Gasteiger partial charge on any atom is 0.307 e. The standard InChI is InChI=1S/C15H19NO5/c1-8(16-14(17)11-7-12(11)15(18)19)10-6-9(20-2)4-5-13(10)21-3/h4-6,8,11-12H,7H2,1-3H3,(H,16,17)(H,18,19)/t8?,11-,12+/m1/s1. The molecule has 6 heteroatoms. The molecule has 0 heterocycles. The number of carboxylic acid groups (broad SMARTS) is 1. The van der Waals surface area contributed by atoms with Crippen molar-refractivity contribution in [3.05, 3.63) is 23.8 Å². The van der Waals surface area contributed by atoms with Gasteiger partial charge in [-0.3, -0.25) is 9.59 Å². The molecular weight excluding hydrogens is 274 g/mol. The summed E-state index contributed by atoms with van der Waals surface area (Å²) in [5.41, 5.74) is 0.790. The zero-order valence-electron chi connectivity index (χ0n) is 12.3. The largest absolute Gasteiger partial charge is 0.497 e. The van der Waals surface area contributed by atoms with E-state index in [2.05, 4.69) is 5.32 Å². The fourth-order valence-corrected chi connectivity index (χ4v) is 2.33. The molecule has 21 heavy (non-hydrogen) atoms. The second-order valence-electron chi connectivity index (χ2n) is 5.13. The van der Waals surface area contributed by atoms with Crippen LogP contribution in [0.2, 0.25) is 0 Å². The van der Waals surface area contributed by atoms with Crippen molar-refractivity contribution < 1.29 is 24.2 Å². The number of amides is 1. The number of ether oxygens (including phenoxy) is 2. The van der Waals surface area contributed by atoms with Gasteiger partial charge >= 0.3 is 5.97 Å². The molecule has 1 amide bonds. The van der Waals surface area contributed by atoms with Gasteiger partial charge in [0.1, 0.15) is 11.5 Å². The molecule has 1 saturated carbocycles. The van der Waals surface area contributed by atoms with Gasteiger partial charge < -0.3 is 19.9 Å². The van der Waals surface area contributed by atoms with E-state index in [0.29, 0.717) is 17.9 Å². The molecule has 6 nitrogen and oxygen atoms in total. The highest BCUT2D eigenvalue weighted by Gasteiger charge is 2.48. The number of methoxy groups -OCH3 is 2. The Morgan fingerprint density at radius 1 is 1.29 bits per heavy atom. The zero-order valence-corrected chi connectivity index (χ0v) is 12.3. The topological polar surface area (TPSA) is 84.9 Å². The van der Waals surface area contributed by atoms with Crippen LogP contribution in [0.4, 0.5) is 0 Å². The molecule has 1 fully saturated rings. The van der Waals surface area contributed by atoms with Gasteiger partial charge in [-0.2, -0.15) is 0 Å². The first kappa shape index (κ1) is 15.2. The van der Waals surface area contributed by atoms with Crippen molar-refractivity contribution in [2.45, 2.75) is 19.4 Å². The Labute approximate surface area is 123 Å². The van der Waals surface area contributed by atoms with Crippen LogP contribution in [0.5, 0.6) is 11.5 Å². The minimum Gasteiger partial charge on any atom is -0.497 e. The summed E-state index contributed by atoms with van der Waals surface area (Å²) in [6, 6.07) is 5.05. The Morgan fingerprint density at radius 3 is 2.52 bits per heavy atom. The third-order valence-electron chi connectivity index (χ3n) is 3.71. The predicted molar refractivity (Wildman–Crippen MR) is 75.3 cm³/mol. The van der Waals surface area contributed by atoms with Crippen molar-refractivity contribution >= 4 is 11.9 Å². The number of hydrogen-bond donors (Lipinski definition) is 2. The molecule has 1 aliphatic rings. The van der Waals surface area contributed by atoms with Crippen molar-refractivity contribution in [2.75, 3.05) is 14.2 Å². The van der Waals surface area contributed by atoms with Gasteiger partial charge in [-0.25, -0.2) is 0 Å². The monoisotopic (exact) mass is 293 g/mol. The van der Waals surface area contributed by atoms with Gasteiger partial charge in [0.15, 0.2) is 0 Å². The van der Waals surface area contributed by atoms with Crippen LogP contribution in [0.1, 0.15) is 24.9 Å². The van der Waals surface area contributed by atoms with Crippen LogP contribution in [0.3, 0.4) is 0 Å². The SMILES string of the molecule is COc1ccc(OC)c(C(C)NC(=O)[C@@H]2C[C@@H]2C(=O)O)c1. The predicted octanol–water partition coefficient (Wildman–Crippen LogP) is 1.60. The second kappa shape index (κ2) is 6.03. The van der Waals surface area contributed by atoms with E-state index in [9.17, 15) is 9.59 Å². The van der Waals surface area contributed by atoms with E-state index in [0.717, 1.165) is 5.56 Å². The molecule has 1 aromatic carbocycles. The summed E-state index contributed by atoms with van der Waals surface area (Å²) < 4.78 is 10.5. The molecule has 0 aromatic heterocycles. The van der Waals surface area contributed by atoms with Crippen LogP contribution < -0.4 is 14.8 Å². The van der Waals surface area contributed by atoms with Crippen LogP contribution in [0.15, 0.2) is 18.2 Å². The number of carbonyl (C=O) groups is 2. The van der Waals surface area contributed by atoms with E-state index >= 15 is 0 Å². The molecule has 114 valence electrons. The van der Waals surface area contributed by atoms with E-state index in [1.807, 2.05) is 6.92 Å². The van der Waals surface area contributed by atoms with Crippen molar-refractivity contribution in [1.82, 2.24) is 5.32 Å². The quantitative estimate of drug-likeness (QED) is 0.832. The van der Waals surface area contributed by atoms with Gasteiger partial charge in [0, 0.05) is 5.56 Å². The number of carboxylic acids is 1. The van der Waals surface area contributed by atoms with Crippen molar-refractivity contribution in [2.24, 2.45) is 11.8 Å². The number of aliphatic carboxylic acids is 1. The number of nitrogens with one attached hydrogen (secondary N) is 1. The maximum atomic E-state index is 12.0. The molecule has 1 aromatic rings. The van der Waals surface area contributed by atoms with Crippen LogP contribution in [0, 0.1) is 11.8 Å². The molecule has 3 atom stereocenters. The smallest absolute Gasteiger partial charge is 0.307 e. The minimum absolute atomic E-state index is 0.236. The van der Waals surface area contributed by atoms with E-state index in [1.54, 1.807) is 32.4 Å². The highest BCUT2D eigenvalue weighted by Crippen LogP contribution is 2.39. The Morgan fingerprint density at radius 2 is 2.00 bits per heavy atom. The molecule has 1 unspecified atom stereocenters. The molecule has 0 radical (unpaired) electrons. The highest BCUT2D eigenvalue weighted by atomic mass is 16.5. The maximum absolute atomic E-state index is 12.0. The zero-order chi connectivity index (χ0) is 15.6. The third kappa shape index (κ3) is 3.26. The molecule has 0 aliphatic heterocycles. The van der Waals surface area contributed by atoms with Gasteiger partial charge in [0.05, 0.1) is 32.1 Å². The van der Waals surface area contributed by atoms with E-state index in [1.165, 1.54) is 0 Å². The van der Waals surface area contributed by atoms with Crippen molar-refractivity contribution in [3.8, 4) is 11.5 Å².